The standard InChI is InChI=1S/C8H14F3NO/c1-5(7(9)12)8(10,11)6-3-2-4-13-6/h5-7H,2-4,12H2,1H3/t5-,6?,7?/m1/s1. The maximum Gasteiger partial charge on any atom is 0.280 e. The molecule has 0 spiro atoms. The first-order valence-electron chi connectivity index (χ1n) is 4.35. The molecule has 1 heterocycles. The SMILES string of the molecule is C[C@H](C(N)F)C(F)(F)C1CCCO1. The smallest absolute Gasteiger partial charge is 0.280 e. The van der Waals surface area contributed by atoms with Crippen LogP contribution < -0.4 is 5.73 Å². The van der Waals surface area contributed by atoms with Gasteiger partial charge in [-0.1, -0.05) is 6.92 Å². The third-order valence-electron chi connectivity index (χ3n) is 2.44. The van der Waals surface area contributed by atoms with Gasteiger partial charge < -0.3 is 10.5 Å². The Morgan fingerprint density at radius 1 is 1.54 bits per heavy atom. The molecule has 0 aromatic rings. The van der Waals surface area contributed by atoms with Gasteiger partial charge in [-0.05, 0) is 12.8 Å². The van der Waals surface area contributed by atoms with Gasteiger partial charge >= 0.3 is 0 Å². The van der Waals surface area contributed by atoms with Crippen molar-refractivity contribution in [3.05, 3.63) is 0 Å². The second kappa shape index (κ2) is 3.84. The van der Waals surface area contributed by atoms with Gasteiger partial charge in [-0.25, -0.2) is 13.2 Å². The maximum absolute atomic E-state index is 13.3. The van der Waals surface area contributed by atoms with Crippen molar-refractivity contribution < 1.29 is 17.9 Å². The van der Waals surface area contributed by atoms with Crippen molar-refractivity contribution in [3.8, 4) is 0 Å². The molecule has 2 unspecified atom stereocenters. The Morgan fingerprint density at radius 3 is 2.54 bits per heavy atom. The first kappa shape index (κ1) is 10.8. The Bertz CT molecular complexity index is 165. The van der Waals surface area contributed by atoms with Crippen LogP contribution in [0.15, 0.2) is 0 Å². The molecule has 1 fully saturated rings. The molecular weight excluding hydrogens is 183 g/mol. The summed E-state index contributed by atoms with van der Waals surface area (Å²) in [4.78, 5) is 0. The summed E-state index contributed by atoms with van der Waals surface area (Å²) in [5.74, 6) is -4.65. The normalized spacial score (nSPS) is 28.8. The van der Waals surface area contributed by atoms with Crippen molar-refractivity contribution in [2.24, 2.45) is 11.7 Å². The third kappa shape index (κ3) is 2.14. The first-order valence-corrected chi connectivity index (χ1v) is 4.35. The van der Waals surface area contributed by atoms with Crippen molar-refractivity contribution in [1.82, 2.24) is 0 Å². The third-order valence-corrected chi connectivity index (χ3v) is 2.44. The molecule has 0 aromatic heterocycles. The number of hydrogen-bond acceptors (Lipinski definition) is 2. The van der Waals surface area contributed by atoms with Crippen LogP contribution in [-0.4, -0.2) is 24.9 Å². The van der Waals surface area contributed by atoms with Crippen molar-refractivity contribution in [3.63, 3.8) is 0 Å². The summed E-state index contributed by atoms with van der Waals surface area (Å²) in [6.45, 7) is 1.43. The molecule has 78 valence electrons. The summed E-state index contributed by atoms with van der Waals surface area (Å²) in [5.41, 5.74) is 4.79. The summed E-state index contributed by atoms with van der Waals surface area (Å²) in [6, 6.07) is 0. The van der Waals surface area contributed by atoms with Gasteiger partial charge in [0.25, 0.3) is 5.92 Å². The van der Waals surface area contributed by atoms with E-state index in [1.807, 2.05) is 0 Å². The van der Waals surface area contributed by atoms with Gasteiger partial charge in [0.15, 0.2) is 6.30 Å². The number of nitrogens with two attached hydrogens (primary N) is 1. The van der Waals surface area contributed by atoms with Crippen molar-refractivity contribution in [2.45, 2.75) is 38.1 Å². The zero-order valence-electron chi connectivity index (χ0n) is 7.47. The molecule has 2 N–H and O–H groups in total. The molecule has 1 saturated heterocycles. The Hall–Kier alpha value is -0.290. The van der Waals surface area contributed by atoms with E-state index in [0.29, 0.717) is 13.0 Å². The van der Waals surface area contributed by atoms with Crippen LogP contribution in [0.4, 0.5) is 13.2 Å². The Balaban J connectivity index is 2.62. The Morgan fingerprint density at radius 2 is 2.15 bits per heavy atom. The molecule has 2 nitrogen and oxygen atoms in total. The van der Waals surface area contributed by atoms with E-state index in [1.165, 1.54) is 0 Å². The average molecular weight is 197 g/mol. The fourth-order valence-corrected chi connectivity index (χ4v) is 1.39. The van der Waals surface area contributed by atoms with Crippen LogP contribution in [0.1, 0.15) is 19.8 Å². The molecule has 0 aromatic carbocycles. The van der Waals surface area contributed by atoms with E-state index in [9.17, 15) is 13.2 Å². The van der Waals surface area contributed by atoms with Gasteiger partial charge in [0.1, 0.15) is 6.10 Å². The summed E-state index contributed by atoms with van der Waals surface area (Å²) >= 11 is 0. The lowest BCUT2D eigenvalue weighted by Gasteiger charge is -2.28. The Kier molecular flexibility index (Phi) is 3.18. The highest BCUT2D eigenvalue weighted by molar-refractivity contribution is 4.87. The number of halogens is 3. The molecule has 1 rings (SSSR count). The molecule has 0 bridgehead atoms. The van der Waals surface area contributed by atoms with E-state index in [0.717, 1.165) is 6.92 Å². The van der Waals surface area contributed by atoms with Crippen LogP contribution in [-0.2, 0) is 4.74 Å². The lowest BCUT2D eigenvalue weighted by Crippen LogP contribution is -2.45. The summed E-state index contributed by atoms with van der Waals surface area (Å²) in [7, 11) is 0. The van der Waals surface area contributed by atoms with Crippen LogP contribution in [0.2, 0.25) is 0 Å². The molecular formula is C8H14F3NO. The minimum Gasteiger partial charge on any atom is -0.372 e. The van der Waals surface area contributed by atoms with Gasteiger partial charge in [-0.2, -0.15) is 0 Å². The molecule has 0 radical (unpaired) electrons. The minimum absolute atomic E-state index is 0.282. The quantitative estimate of drug-likeness (QED) is 0.699. The molecule has 3 atom stereocenters. The number of ether oxygens (including phenoxy) is 1. The van der Waals surface area contributed by atoms with E-state index in [2.05, 4.69) is 0 Å². The van der Waals surface area contributed by atoms with E-state index >= 15 is 0 Å². The lowest BCUT2D eigenvalue weighted by molar-refractivity contribution is -0.162. The van der Waals surface area contributed by atoms with E-state index < -0.39 is 24.2 Å². The largest absolute Gasteiger partial charge is 0.372 e. The fraction of sp³-hybridized carbons (Fsp3) is 1.00. The number of rotatable bonds is 3. The molecule has 1 aliphatic heterocycles. The first-order chi connectivity index (χ1) is 5.96. The lowest BCUT2D eigenvalue weighted by atomic mass is 9.96. The van der Waals surface area contributed by atoms with Crippen molar-refractivity contribution in [2.75, 3.05) is 6.61 Å². The molecule has 13 heavy (non-hydrogen) atoms. The highest BCUT2D eigenvalue weighted by Crippen LogP contribution is 2.36. The van der Waals surface area contributed by atoms with E-state index in [-0.39, 0.29) is 6.42 Å². The maximum atomic E-state index is 13.3. The predicted molar refractivity (Wildman–Crippen MR) is 42.2 cm³/mol. The van der Waals surface area contributed by atoms with Gasteiger partial charge in [-0.3, -0.25) is 0 Å². The van der Waals surface area contributed by atoms with E-state index in [1.54, 1.807) is 0 Å². The zero-order chi connectivity index (χ0) is 10.1. The Labute approximate surface area is 75.2 Å². The molecule has 5 heteroatoms. The van der Waals surface area contributed by atoms with Gasteiger partial charge in [-0.15, -0.1) is 0 Å². The average Bonchev–Trinajstić information content (AvgIpc) is 2.54. The molecule has 0 saturated carbocycles. The van der Waals surface area contributed by atoms with Crippen LogP contribution in [0.5, 0.6) is 0 Å². The highest BCUT2D eigenvalue weighted by Gasteiger charge is 2.49. The molecule has 0 amide bonds. The van der Waals surface area contributed by atoms with Gasteiger partial charge in [0, 0.05) is 6.61 Å². The summed E-state index contributed by atoms with van der Waals surface area (Å²) < 4.78 is 44.0. The van der Waals surface area contributed by atoms with Gasteiger partial charge in [0.2, 0.25) is 0 Å². The second-order valence-corrected chi connectivity index (χ2v) is 3.41. The highest BCUT2D eigenvalue weighted by atomic mass is 19.3. The van der Waals surface area contributed by atoms with Crippen LogP contribution in [0.25, 0.3) is 0 Å². The summed E-state index contributed by atoms with van der Waals surface area (Å²) in [5, 5.41) is 0. The van der Waals surface area contributed by atoms with Crippen LogP contribution in [0, 0.1) is 5.92 Å². The van der Waals surface area contributed by atoms with Crippen molar-refractivity contribution >= 4 is 0 Å². The topological polar surface area (TPSA) is 35.2 Å². The summed E-state index contributed by atoms with van der Waals surface area (Å²) in [6.07, 6.45) is -2.28. The number of hydrogen-bond donors (Lipinski definition) is 1. The second-order valence-electron chi connectivity index (χ2n) is 3.41. The minimum atomic E-state index is -3.16. The van der Waals surface area contributed by atoms with Gasteiger partial charge in [0.05, 0.1) is 5.92 Å². The number of alkyl halides is 3. The fourth-order valence-electron chi connectivity index (χ4n) is 1.39. The zero-order valence-corrected chi connectivity index (χ0v) is 7.47. The molecule has 0 aliphatic carbocycles. The van der Waals surface area contributed by atoms with Crippen LogP contribution >= 0.6 is 0 Å². The van der Waals surface area contributed by atoms with Crippen molar-refractivity contribution in [1.29, 1.82) is 0 Å². The molecule has 1 aliphatic rings. The predicted octanol–water partition coefficient (Wildman–Crippen LogP) is 1.69. The van der Waals surface area contributed by atoms with E-state index in [4.69, 9.17) is 10.5 Å². The monoisotopic (exact) mass is 197 g/mol. The van der Waals surface area contributed by atoms with Crippen LogP contribution in [0.3, 0.4) is 0 Å².